The number of nitrogens with zero attached hydrogens (tertiary/aromatic N) is 2. The van der Waals surface area contributed by atoms with Crippen LogP contribution in [0, 0.1) is 0 Å². The Kier molecular flexibility index (Phi) is 4.45. The van der Waals surface area contributed by atoms with Crippen molar-refractivity contribution in [3.8, 4) is 5.75 Å². The van der Waals surface area contributed by atoms with Gasteiger partial charge in [0.2, 0.25) is 0 Å². The molecule has 2 rings (SSSR count). The molecule has 0 aliphatic carbocycles. The van der Waals surface area contributed by atoms with E-state index in [9.17, 15) is 9.59 Å². The number of hydrogen-bond donors (Lipinski definition) is 2. The zero-order chi connectivity index (χ0) is 16.3. The summed E-state index contributed by atoms with van der Waals surface area (Å²) in [5, 5.41) is 15.9. The molecule has 0 saturated heterocycles. The first-order valence-electron chi connectivity index (χ1n) is 6.68. The Balaban J connectivity index is 2.24. The topological polar surface area (TPSA) is 93.4 Å². The van der Waals surface area contributed by atoms with E-state index in [0.29, 0.717) is 11.4 Å². The van der Waals surface area contributed by atoms with Gasteiger partial charge < -0.3 is 15.2 Å². The average molecular weight is 303 g/mol. The Morgan fingerprint density at radius 1 is 1.27 bits per heavy atom. The largest absolute Gasteiger partial charge is 0.497 e. The van der Waals surface area contributed by atoms with Crippen molar-refractivity contribution in [3.63, 3.8) is 0 Å². The lowest BCUT2D eigenvalue weighted by atomic mass is 10.1. The molecule has 0 radical (unpaired) electrons. The number of anilines is 1. The van der Waals surface area contributed by atoms with Gasteiger partial charge in [-0.2, -0.15) is 5.10 Å². The van der Waals surface area contributed by atoms with Gasteiger partial charge in [-0.25, -0.2) is 4.79 Å². The van der Waals surface area contributed by atoms with E-state index in [0.717, 1.165) is 0 Å². The normalized spacial score (nSPS) is 10.5. The van der Waals surface area contributed by atoms with Crippen LogP contribution in [0.2, 0.25) is 0 Å². The monoisotopic (exact) mass is 303 g/mol. The minimum Gasteiger partial charge on any atom is -0.497 e. The summed E-state index contributed by atoms with van der Waals surface area (Å²) in [6, 6.07) is 4.32. The van der Waals surface area contributed by atoms with Crippen LogP contribution < -0.4 is 10.1 Å². The van der Waals surface area contributed by atoms with Crippen LogP contribution in [0.25, 0.3) is 0 Å². The molecule has 7 nitrogen and oxygen atoms in total. The molecule has 0 saturated carbocycles. The zero-order valence-electron chi connectivity index (χ0n) is 12.5. The third kappa shape index (κ3) is 3.43. The molecule has 7 heteroatoms. The fraction of sp³-hybridized carbons (Fsp3) is 0.267. The van der Waals surface area contributed by atoms with Gasteiger partial charge in [-0.05, 0) is 32.0 Å². The van der Waals surface area contributed by atoms with Gasteiger partial charge in [0.1, 0.15) is 5.75 Å². The number of aromatic carboxylic acids is 1. The fourth-order valence-electron chi connectivity index (χ4n) is 1.86. The van der Waals surface area contributed by atoms with Crippen LogP contribution >= 0.6 is 0 Å². The molecule has 0 atom stereocenters. The first-order chi connectivity index (χ1) is 10.4. The minimum absolute atomic E-state index is 0.0117. The number of rotatable bonds is 5. The molecule has 2 aromatic rings. The van der Waals surface area contributed by atoms with Crippen molar-refractivity contribution in [3.05, 3.63) is 41.7 Å². The molecule has 0 aliphatic heterocycles. The number of ether oxygens (including phenoxy) is 1. The van der Waals surface area contributed by atoms with Crippen LogP contribution in [-0.2, 0) is 0 Å². The summed E-state index contributed by atoms with van der Waals surface area (Å²) in [4.78, 5) is 23.3. The van der Waals surface area contributed by atoms with Crippen molar-refractivity contribution in [2.75, 3.05) is 12.4 Å². The molecular formula is C15H17N3O4. The highest BCUT2D eigenvalue weighted by molar-refractivity contribution is 6.05. The molecule has 0 aliphatic rings. The summed E-state index contributed by atoms with van der Waals surface area (Å²) in [6.07, 6.45) is 3.25. The van der Waals surface area contributed by atoms with Crippen molar-refractivity contribution in [2.45, 2.75) is 19.9 Å². The smallest absolute Gasteiger partial charge is 0.335 e. The molecule has 116 valence electrons. The second kappa shape index (κ2) is 6.30. The number of benzene rings is 1. The Bertz CT molecular complexity index is 707. The van der Waals surface area contributed by atoms with E-state index >= 15 is 0 Å². The SMILES string of the molecule is COc1cc(C(=O)O)cc(C(=O)Nc2cnn(C(C)C)c2)c1. The van der Waals surface area contributed by atoms with Crippen LogP contribution in [0.5, 0.6) is 5.75 Å². The van der Waals surface area contributed by atoms with Gasteiger partial charge in [0.25, 0.3) is 5.91 Å². The summed E-state index contributed by atoms with van der Waals surface area (Å²) in [7, 11) is 1.41. The first-order valence-corrected chi connectivity index (χ1v) is 6.68. The summed E-state index contributed by atoms with van der Waals surface area (Å²) >= 11 is 0. The van der Waals surface area contributed by atoms with E-state index in [2.05, 4.69) is 10.4 Å². The van der Waals surface area contributed by atoms with Crippen LogP contribution in [0.15, 0.2) is 30.6 Å². The average Bonchev–Trinajstić information content (AvgIpc) is 2.95. The highest BCUT2D eigenvalue weighted by Crippen LogP contribution is 2.19. The number of methoxy groups -OCH3 is 1. The van der Waals surface area contributed by atoms with Crippen molar-refractivity contribution in [1.29, 1.82) is 0 Å². The van der Waals surface area contributed by atoms with Crippen LogP contribution in [0.1, 0.15) is 40.6 Å². The highest BCUT2D eigenvalue weighted by atomic mass is 16.5. The lowest BCUT2D eigenvalue weighted by molar-refractivity contribution is 0.0696. The van der Waals surface area contributed by atoms with Crippen molar-refractivity contribution in [2.24, 2.45) is 0 Å². The van der Waals surface area contributed by atoms with E-state index in [1.807, 2.05) is 13.8 Å². The number of hydrogen-bond acceptors (Lipinski definition) is 4. The highest BCUT2D eigenvalue weighted by Gasteiger charge is 2.14. The van der Waals surface area contributed by atoms with Crippen LogP contribution in [0.3, 0.4) is 0 Å². The number of amides is 1. The van der Waals surface area contributed by atoms with Crippen molar-refractivity contribution >= 4 is 17.6 Å². The Labute approximate surface area is 127 Å². The van der Waals surface area contributed by atoms with Crippen LogP contribution in [-0.4, -0.2) is 33.9 Å². The zero-order valence-corrected chi connectivity index (χ0v) is 12.5. The van der Waals surface area contributed by atoms with Gasteiger partial charge in [-0.3, -0.25) is 9.48 Å². The van der Waals surface area contributed by atoms with Crippen LogP contribution in [0.4, 0.5) is 5.69 Å². The van der Waals surface area contributed by atoms with Gasteiger partial charge in [-0.15, -0.1) is 0 Å². The maximum atomic E-state index is 12.2. The summed E-state index contributed by atoms with van der Waals surface area (Å²) in [5.41, 5.74) is 0.731. The number of carboxylic acid groups (broad SMARTS) is 1. The van der Waals surface area contributed by atoms with E-state index in [4.69, 9.17) is 9.84 Å². The number of nitrogens with one attached hydrogen (secondary N) is 1. The standard InChI is InChI=1S/C15H17N3O4/c1-9(2)18-8-12(7-16-18)17-14(19)10-4-11(15(20)21)6-13(5-10)22-3/h4-9H,1-3H3,(H,17,19)(H,20,21). The number of aromatic nitrogens is 2. The molecule has 22 heavy (non-hydrogen) atoms. The maximum absolute atomic E-state index is 12.2. The number of carbonyl (C=O) groups excluding carboxylic acids is 1. The molecule has 2 N–H and O–H groups in total. The molecule has 0 spiro atoms. The van der Waals surface area contributed by atoms with E-state index in [1.54, 1.807) is 10.9 Å². The summed E-state index contributed by atoms with van der Waals surface area (Å²) in [5.74, 6) is -1.24. The molecule has 1 aromatic carbocycles. The van der Waals surface area contributed by atoms with Gasteiger partial charge >= 0.3 is 5.97 Å². The lowest BCUT2D eigenvalue weighted by Crippen LogP contribution is -2.13. The predicted molar refractivity (Wildman–Crippen MR) is 80.5 cm³/mol. The summed E-state index contributed by atoms with van der Waals surface area (Å²) in [6.45, 7) is 3.94. The predicted octanol–water partition coefficient (Wildman–Crippen LogP) is 2.42. The molecule has 0 bridgehead atoms. The minimum atomic E-state index is -1.12. The van der Waals surface area contributed by atoms with Crippen molar-refractivity contribution in [1.82, 2.24) is 9.78 Å². The van der Waals surface area contributed by atoms with Gasteiger partial charge in [0.15, 0.2) is 0 Å². The Morgan fingerprint density at radius 3 is 2.50 bits per heavy atom. The third-order valence-corrected chi connectivity index (χ3v) is 3.04. The molecular weight excluding hydrogens is 286 g/mol. The molecule has 1 aromatic heterocycles. The molecule has 1 amide bonds. The lowest BCUT2D eigenvalue weighted by Gasteiger charge is -2.07. The number of carbonyl (C=O) groups is 2. The van der Waals surface area contributed by atoms with E-state index < -0.39 is 11.9 Å². The fourth-order valence-corrected chi connectivity index (χ4v) is 1.86. The Morgan fingerprint density at radius 2 is 1.95 bits per heavy atom. The van der Waals surface area contributed by atoms with E-state index in [-0.39, 0.29) is 17.2 Å². The van der Waals surface area contributed by atoms with Gasteiger partial charge in [-0.1, -0.05) is 0 Å². The molecule has 1 heterocycles. The first kappa shape index (κ1) is 15.6. The number of carboxylic acids is 1. The van der Waals surface area contributed by atoms with E-state index in [1.165, 1.54) is 31.5 Å². The van der Waals surface area contributed by atoms with Crippen molar-refractivity contribution < 1.29 is 19.4 Å². The Hall–Kier alpha value is -2.83. The maximum Gasteiger partial charge on any atom is 0.335 e. The quantitative estimate of drug-likeness (QED) is 0.884. The third-order valence-electron chi connectivity index (χ3n) is 3.04. The van der Waals surface area contributed by atoms with Gasteiger partial charge in [0.05, 0.1) is 24.6 Å². The summed E-state index contributed by atoms with van der Waals surface area (Å²) < 4.78 is 6.73. The second-order valence-electron chi connectivity index (χ2n) is 5.01. The van der Waals surface area contributed by atoms with Gasteiger partial charge in [0, 0.05) is 17.8 Å². The second-order valence-corrected chi connectivity index (χ2v) is 5.01. The molecule has 0 fully saturated rings. The molecule has 0 unspecified atom stereocenters.